The molecular weight excluding hydrogens is 915 g/mol. The van der Waals surface area contributed by atoms with Gasteiger partial charge in [0.05, 0.1) is 45.7 Å². The zero-order chi connectivity index (χ0) is 43.4. The number of hydrogen-bond donors (Lipinski definition) is 1. The molecule has 0 aliphatic carbocycles. The first-order chi connectivity index (χ1) is 30.9. The van der Waals surface area contributed by atoms with Gasteiger partial charge in [-0.25, -0.2) is 0 Å². The average Bonchev–Trinajstić information content (AvgIpc) is 3.33. The van der Waals surface area contributed by atoms with Gasteiger partial charge in [0.1, 0.15) is 48.8 Å². The molecule has 13 heteroatoms. The number of nitriles is 1. The van der Waals surface area contributed by atoms with Crippen molar-refractivity contribution in [3.63, 3.8) is 0 Å². The van der Waals surface area contributed by atoms with Gasteiger partial charge in [0.15, 0.2) is 12.6 Å². The molecule has 3 fully saturated rings. The number of rotatable bonds is 18. The molecule has 3 aliphatic heterocycles. The summed E-state index contributed by atoms with van der Waals surface area (Å²) in [4.78, 5) is 0. The topological polar surface area (TPSA) is 142 Å². The third kappa shape index (κ3) is 11.6. The smallest absolute Gasteiger partial charge is 0.264 e. The highest BCUT2D eigenvalue weighted by molar-refractivity contribution is 14.1. The van der Waals surface area contributed by atoms with E-state index in [9.17, 15) is 5.26 Å². The second-order valence-electron chi connectivity index (χ2n) is 15.8. The van der Waals surface area contributed by atoms with Crippen LogP contribution in [0, 0.1) is 14.9 Å². The minimum Gasteiger partial charge on any atom is -0.374 e. The van der Waals surface area contributed by atoms with Crippen molar-refractivity contribution < 1.29 is 47.4 Å². The largest absolute Gasteiger partial charge is 0.374 e. The van der Waals surface area contributed by atoms with Crippen molar-refractivity contribution >= 4 is 22.6 Å². The van der Waals surface area contributed by atoms with Crippen molar-refractivity contribution in [2.75, 3.05) is 20.3 Å². The molecule has 330 valence electrons. The van der Waals surface area contributed by atoms with Gasteiger partial charge >= 0.3 is 0 Å². The predicted octanol–water partition coefficient (Wildman–Crippen LogP) is 7.25. The van der Waals surface area contributed by atoms with Gasteiger partial charge in [-0.2, -0.15) is 5.26 Å². The lowest BCUT2D eigenvalue weighted by Crippen LogP contribution is -2.70. The van der Waals surface area contributed by atoms with Crippen LogP contribution in [0.4, 0.5) is 0 Å². The molecule has 3 saturated heterocycles. The summed E-state index contributed by atoms with van der Waals surface area (Å²) in [5.74, 6) is -1.60. The minimum atomic E-state index is -1.60. The Morgan fingerprint density at radius 2 is 1.17 bits per heavy atom. The molecule has 0 aromatic heterocycles. The number of ether oxygens (including phenoxy) is 10. The van der Waals surface area contributed by atoms with Gasteiger partial charge in [-0.05, 0) is 56.5 Å². The quantitative estimate of drug-likeness (QED) is 0.0885. The van der Waals surface area contributed by atoms with E-state index < -0.39 is 67.1 Å². The molecule has 63 heavy (non-hydrogen) atoms. The number of hydrogen-bond acceptors (Lipinski definition) is 12. The molecule has 3 heterocycles. The first-order valence-corrected chi connectivity index (χ1v) is 22.3. The van der Waals surface area contributed by atoms with E-state index in [2.05, 4.69) is 28.7 Å². The molecule has 5 aromatic carbocycles. The second-order valence-corrected chi connectivity index (χ2v) is 17.0. The molecule has 3 aliphatic rings. The summed E-state index contributed by atoms with van der Waals surface area (Å²) in [5, 5.41) is 10.6. The van der Waals surface area contributed by atoms with Crippen LogP contribution in [0.3, 0.4) is 0 Å². The van der Waals surface area contributed by atoms with Crippen LogP contribution < -0.4 is 5.73 Å². The number of benzene rings is 5. The van der Waals surface area contributed by atoms with E-state index >= 15 is 0 Å². The maximum Gasteiger partial charge on any atom is 0.264 e. The van der Waals surface area contributed by atoms with Gasteiger partial charge in [-0.15, -0.1) is 0 Å². The van der Waals surface area contributed by atoms with Crippen molar-refractivity contribution in [1.82, 2.24) is 0 Å². The molecule has 0 bridgehead atoms. The average molecular weight is 969 g/mol. The predicted molar refractivity (Wildman–Crippen MR) is 240 cm³/mol. The van der Waals surface area contributed by atoms with Crippen molar-refractivity contribution in [3.8, 4) is 6.07 Å². The molecular formula is C50H53IN2O10. The molecule has 0 radical (unpaired) electrons. The number of fused-ring (bicyclic) bond motifs is 1. The summed E-state index contributed by atoms with van der Waals surface area (Å²) in [6.45, 7) is 1.18. The van der Waals surface area contributed by atoms with Crippen LogP contribution >= 0.6 is 22.6 Å². The van der Waals surface area contributed by atoms with Crippen LogP contribution in [-0.2, 0) is 80.2 Å². The summed E-state index contributed by atoms with van der Waals surface area (Å²) in [6.07, 6.45) is -7.25. The van der Waals surface area contributed by atoms with E-state index in [-0.39, 0.29) is 39.5 Å². The Labute approximate surface area is 382 Å². The molecule has 0 spiro atoms. The highest BCUT2D eigenvalue weighted by Crippen LogP contribution is 2.38. The van der Waals surface area contributed by atoms with E-state index in [0.717, 1.165) is 31.4 Å². The third-order valence-corrected chi connectivity index (χ3v) is 12.5. The van der Waals surface area contributed by atoms with Gasteiger partial charge < -0.3 is 53.1 Å². The fourth-order valence-corrected chi connectivity index (χ4v) is 8.72. The van der Waals surface area contributed by atoms with Gasteiger partial charge in [0.25, 0.3) is 5.79 Å². The van der Waals surface area contributed by atoms with E-state index in [1.54, 1.807) is 7.11 Å². The Morgan fingerprint density at radius 3 is 1.73 bits per heavy atom. The summed E-state index contributed by atoms with van der Waals surface area (Å²) >= 11 is 2.25. The number of halogens is 1. The van der Waals surface area contributed by atoms with E-state index in [1.165, 1.54) is 0 Å². The first kappa shape index (κ1) is 45.4. The molecule has 8 rings (SSSR count). The molecule has 2 N–H and O–H groups in total. The van der Waals surface area contributed by atoms with Crippen LogP contribution in [-0.4, -0.2) is 87.5 Å². The second kappa shape index (κ2) is 22.2. The number of nitrogens with two attached hydrogens (primary N) is 1. The zero-order valence-corrected chi connectivity index (χ0v) is 37.2. The Morgan fingerprint density at radius 1 is 0.651 bits per heavy atom. The Bertz CT molecular complexity index is 2190. The summed E-state index contributed by atoms with van der Waals surface area (Å²) in [7, 11) is 1.58. The van der Waals surface area contributed by atoms with Crippen LogP contribution in [0.1, 0.15) is 27.8 Å². The minimum absolute atomic E-state index is 0.0217. The van der Waals surface area contributed by atoms with Gasteiger partial charge in [-0.1, -0.05) is 140 Å². The number of methoxy groups -OCH3 is 1. The van der Waals surface area contributed by atoms with Crippen molar-refractivity contribution in [2.24, 2.45) is 5.73 Å². The van der Waals surface area contributed by atoms with Crippen molar-refractivity contribution in [2.45, 2.75) is 100.0 Å². The maximum absolute atomic E-state index is 10.6. The monoisotopic (exact) mass is 968 g/mol. The Kier molecular flexibility index (Phi) is 16.0. The Hall–Kier alpha value is -4.12. The van der Waals surface area contributed by atoms with Crippen LogP contribution in [0.15, 0.2) is 146 Å². The fraction of sp³-hybridized carbons (Fsp3) is 0.380. The molecule has 0 amide bonds. The normalized spacial score (nSPS) is 29.4. The van der Waals surface area contributed by atoms with Crippen LogP contribution in [0.2, 0.25) is 0 Å². The first-order valence-electron chi connectivity index (χ1n) is 21.2. The molecule has 0 saturated carbocycles. The van der Waals surface area contributed by atoms with E-state index in [1.807, 2.05) is 146 Å². The third-order valence-electron chi connectivity index (χ3n) is 11.4. The summed E-state index contributed by atoms with van der Waals surface area (Å²) in [5.41, 5.74) is 12.0. The number of nitrogens with zero attached hydrogens (tertiary/aromatic N) is 1. The van der Waals surface area contributed by atoms with Gasteiger partial charge in [0, 0.05) is 17.1 Å². The molecule has 5 aromatic rings. The molecule has 0 unspecified atom stereocenters. The lowest BCUT2D eigenvalue weighted by atomic mass is 9.93. The molecule has 12 nitrogen and oxygen atoms in total. The summed E-state index contributed by atoms with van der Waals surface area (Å²) in [6, 6.07) is 48.8. The highest BCUT2D eigenvalue weighted by atomic mass is 127. The van der Waals surface area contributed by atoms with Gasteiger partial charge in [0.2, 0.25) is 0 Å². The fourth-order valence-electron chi connectivity index (χ4n) is 8.14. The Balaban J connectivity index is 1.12. The van der Waals surface area contributed by atoms with Crippen molar-refractivity contribution in [3.05, 3.63) is 177 Å². The van der Waals surface area contributed by atoms with E-state index in [0.29, 0.717) is 6.61 Å². The zero-order valence-electron chi connectivity index (χ0n) is 35.1. The van der Waals surface area contributed by atoms with Gasteiger partial charge in [-0.3, -0.25) is 0 Å². The lowest BCUT2D eigenvalue weighted by molar-refractivity contribution is -0.388. The van der Waals surface area contributed by atoms with Crippen LogP contribution in [0.5, 0.6) is 0 Å². The van der Waals surface area contributed by atoms with Crippen molar-refractivity contribution in [1.29, 1.82) is 5.26 Å². The standard InChI is InChI=1S/C50H53IN2O10/c1-54-48-47(58-30-37-22-12-5-13-23-37)46(57-29-36-20-10-4-11-21-36)44(40(60-48)31-55-27-34-16-6-2-7-17-34)62-49-45(56-28-35-18-8-3-9-19-35)42(53)43-41(61-49)32-59-50(33-52,63-43)26-38-24-14-15-25-39(38)51/h2-25,40-49H,26-32,53H2,1H3/t40-,41-,42+,43-,44-,45+,46+,47-,48+,49+,50+/m1/s1. The maximum atomic E-state index is 10.6. The highest BCUT2D eigenvalue weighted by Gasteiger charge is 2.56. The SMILES string of the molecule is CO[C@H]1O[C@H](COCc2ccccc2)[C@@H](O[C@@H]2O[C@@H]3CO[C@@](C#N)(Cc4ccccc4I)O[C@H]3[C@H](N)[C@@H]2OCc2ccccc2)[C@H](OCc2ccccc2)[C@H]1OCc1ccccc1. The summed E-state index contributed by atoms with van der Waals surface area (Å²) < 4.78 is 67.2. The van der Waals surface area contributed by atoms with Crippen LogP contribution in [0.25, 0.3) is 0 Å². The van der Waals surface area contributed by atoms with E-state index in [4.69, 9.17) is 53.1 Å². The molecule has 11 atom stereocenters. The lowest BCUT2D eigenvalue weighted by Gasteiger charge is -2.52.